The summed E-state index contributed by atoms with van der Waals surface area (Å²) in [6, 6.07) is 0. The van der Waals surface area contributed by atoms with Crippen LogP contribution >= 0.6 is 0 Å². The Morgan fingerprint density at radius 1 is 1.50 bits per heavy atom. The van der Waals surface area contributed by atoms with Gasteiger partial charge in [-0.3, -0.25) is 4.79 Å². The van der Waals surface area contributed by atoms with E-state index in [9.17, 15) is 4.79 Å². The maximum absolute atomic E-state index is 11.0. The fraction of sp³-hybridized carbons (Fsp3) is 0.875. The molecule has 1 fully saturated rings. The minimum absolute atomic E-state index is 0.0115. The first-order valence-electron chi connectivity index (χ1n) is 3.76. The molecule has 0 atom stereocenters. The molecule has 1 rings (SSSR count). The lowest BCUT2D eigenvalue weighted by Crippen LogP contribution is -2.19. The second kappa shape index (κ2) is 2.26. The zero-order valence-electron chi connectivity index (χ0n) is 6.81. The van der Waals surface area contributed by atoms with E-state index in [1.165, 1.54) is 0 Å². The van der Waals surface area contributed by atoms with Crippen LogP contribution in [0, 0.1) is 5.92 Å². The summed E-state index contributed by atoms with van der Waals surface area (Å²) in [5.74, 6) is -0.0579. The molecule has 10 heavy (non-hydrogen) atoms. The van der Waals surface area contributed by atoms with Gasteiger partial charge in [0, 0.05) is 0 Å². The van der Waals surface area contributed by atoms with Gasteiger partial charge in [-0.15, -0.1) is 0 Å². The zero-order valence-corrected chi connectivity index (χ0v) is 6.81. The van der Waals surface area contributed by atoms with Gasteiger partial charge in [0.15, 0.2) is 0 Å². The van der Waals surface area contributed by atoms with Crippen molar-refractivity contribution in [1.29, 1.82) is 0 Å². The molecule has 0 spiro atoms. The van der Waals surface area contributed by atoms with Crippen molar-refractivity contribution in [3.05, 3.63) is 0 Å². The molecule has 2 heteroatoms. The molecule has 0 N–H and O–H groups in total. The first-order chi connectivity index (χ1) is 4.53. The lowest BCUT2D eigenvalue weighted by atomic mass is 10.2. The molecule has 0 aromatic heterocycles. The molecule has 1 saturated carbocycles. The summed E-state index contributed by atoms with van der Waals surface area (Å²) in [4.78, 5) is 11.0. The Labute approximate surface area is 61.6 Å². The van der Waals surface area contributed by atoms with Crippen molar-refractivity contribution in [3.8, 4) is 0 Å². The molecule has 0 amide bonds. The Kier molecular flexibility index (Phi) is 1.71. The van der Waals surface area contributed by atoms with Crippen molar-refractivity contribution in [3.63, 3.8) is 0 Å². The van der Waals surface area contributed by atoms with Gasteiger partial charge in [0.2, 0.25) is 0 Å². The van der Waals surface area contributed by atoms with Gasteiger partial charge >= 0.3 is 5.97 Å². The monoisotopic (exact) mass is 142 g/mol. The molecule has 0 aromatic rings. The minimum atomic E-state index is -0.0959. The number of ether oxygens (including phenoxy) is 1. The van der Waals surface area contributed by atoms with Crippen molar-refractivity contribution in [1.82, 2.24) is 0 Å². The number of esters is 1. The van der Waals surface area contributed by atoms with Gasteiger partial charge in [-0.1, -0.05) is 13.8 Å². The predicted octanol–water partition coefficient (Wildman–Crippen LogP) is 1.74. The summed E-state index contributed by atoms with van der Waals surface area (Å²) in [6.45, 7) is 5.69. The molecule has 0 saturated heterocycles. The smallest absolute Gasteiger partial charge is 0.308 e. The number of hydrogen-bond acceptors (Lipinski definition) is 2. The fourth-order valence-corrected chi connectivity index (χ4v) is 0.639. The van der Waals surface area contributed by atoms with E-state index < -0.39 is 0 Å². The standard InChI is InChI=1S/C8H14O2/c1-6(2)7(9)10-8(3)4-5-8/h6H,4-5H2,1-3H3. The van der Waals surface area contributed by atoms with Crippen LogP contribution < -0.4 is 0 Å². The normalized spacial score (nSPS) is 20.8. The van der Waals surface area contributed by atoms with Gasteiger partial charge in [-0.2, -0.15) is 0 Å². The Morgan fingerprint density at radius 3 is 2.30 bits per heavy atom. The Hall–Kier alpha value is -0.530. The van der Waals surface area contributed by atoms with Crippen LogP contribution in [0.25, 0.3) is 0 Å². The second-order valence-corrected chi connectivity index (χ2v) is 3.53. The van der Waals surface area contributed by atoms with Crippen LogP contribution in [0.2, 0.25) is 0 Å². The molecule has 0 unspecified atom stereocenters. The Balaban J connectivity index is 2.31. The van der Waals surface area contributed by atoms with Gasteiger partial charge < -0.3 is 4.74 Å². The van der Waals surface area contributed by atoms with Crippen LogP contribution in [0.5, 0.6) is 0 Å². The highest BCUT2D eigenvalue weighted by atomic mass is 16.6. The summed E-state index contributed by atoms with van der Waals surface area (Å²) in [7, 11) is 0. The largest absolute Gasteiger partial charge is 0.459 e. The first kappa shape index (κ1) is 7.58. The third kappa shape index (κ3) is 1.72. The quantitative estimate of drug-likeness (QED) is 0.549. The van der Waals surface area contributed by atoms with Crippen molar-refractivity contribution in [2.45, 2.75) is 39.2 Å². The lowest BCUT2D eigenvalue weighted by molar-refractivity contribution is -0.153. The molecule has 2 nitrogen and oxygen atoms in total. The number of carbonyl (C=O) groups excluding carboxylic acids is 1. The molecular formula is C8H14O2. The van der Waals surface area contributed by atoms with E-state index in [0.29, 0.717) is 0 Å². The van der Waals surface area contributed by atoms with Crippen LogP contribution in [0.4, 0.5) is 0 Å². The van der Waals surface area contributed by atoms with E-state index in [0.717, 1.165) is 12.8 Å². The number of carbonyl (C=O) groups is 1. The molecule has 1 aliphatic rings. The van der Waals surface area contributed by atoms with Crippen LogP contribution in [0.1, 0.15) is 33.6 Å². The van der Waals surface area contributed by atoms with E-state index in [-0.39, 0.29) is 17.5 Å². The second-order valence-electron chi connectivity index (χ2n) is 3.53. The van der Waals surface area contributed by atoms with E-state index >= 15 is 0 Å². The van der Waals surface area contributed by atoms with Crippen LogP contribution in [-0.4, -0.2) is 11.6 Å². The van der Waals surface area contributed by atoms with E-state index in [1.807, 2.05) is 20.8 Å². The summed E-state index contributed by atoms with van der Waals surface area (Å²) in [6.07, 6.45) is 2.07. The van der Waals surface area contributed by atoms with E-state index in [1.54, 1.807) is 0 Å². The topological polar surface area (TPSA) is 26.3 Å². The Bertz CT molecular complexity index is 145. The van der Waals surface area contributed by atoms with Gasteiger partial charge in [0.25, 0.3) is 0 Å². The third-order valence-electron chi connectivity index (χ3n) is 1.77. The fourth-order valence-electron chi connectivity index (χ4n) is 0.639. The average Bonchev–Trinajstić information content (AvgIpc) is 2.47. The molecule has 0 aromatic carbocycles. The van der Waals surface area contributed by atoms with Crippen LogP contribution in [0.15, 0.2) is 0 Å². The molecule has 0 aliphatic heterocycles. The highest BCUT2D eigenvalue weighted by Crippen LogP contribution is 2.39. The van der Waals surface area contributed by atoms with Crippen LogP contribution in [0.3, 0.4) is 0 Å². The average molecular weight is 142 g/mol. The molecule has 58 valence electrons. The van der Waals surface area contributed by atoms with Gasteiger partial charge in [0.1, 0.15) is 5.60 Å². The summed E-state index contributed by atoms with van der Waals surface area (Å²) >= 11 is 0. The highest BCUT2D eigenvalue weighted by Gasteiger charge is 2.41. The SMILES string of the molecule is CC(C)C(=O)OC1(C)CC1. The first-order valence-corrected chi connectivity index (χ1v) is 3.76. The third-order valence-corrected chi connectivity index (χ3v) is 1.77. The van der Waals surface area contributed by atoms with Gasteiger partial charge in [-0.05, 0) is 19.8 Å². The van der Waals surface area contributed by atoms with Crippen molar-refractivity contribution >= 4 is 5.97 Å². The summed E-state index contributed by atoms with van der Waals surface area (Å²) in [5, 5.41) is 0. The minimum Gasteiger partial charge on any atom is -0.459 e. The lowest BCUT2D eigenvalue weighted by Gasteiger charge is -2.12. The Morgan fingerprint density at radius 2 is 2.00 bits per heavy atom. The molecule has 1 aliphatic carbocycles. The summed E-state index contributed by atoms with van der Waals surface area (Å²) < 4.78 is 5.17. The van der Waals surface area contributed by atoms with E-state index in [4.69, 9.17) is 4.74 Å². The number of hydrogen-bond donors (Lipinski definition) is 0. The van der Waals surface area contributed by atoms with Crippen LogP contribution in [-0.2, 0) is 9.53 Å². The summed E-state index contributed by atoms with van der Waals surface area (Å²) in [5.41, 5.74) is -0.0959. The maximum Gasteiger partial charge on any atom is 0.308 e. The highest BCUT2D eigenvalue weighted by molar-refractivity contribution is 5.72. The van der Waals surface area contributed by atoms with Crippen molar-refractivity contribution in [2.75, 3.05) is 0 Å². The predicted molar refractivity (Wildman–Crippen MR) is 38.6 cm³/mol. The molecular weight excluding hydrogens is 128 g/mol. The maximum atomic E-state index is 11.0. The molecule has 0 bridgehead atoms. The van der Waals surface area contributed by atoms with Gasteiger partial charge in [0.05, 0.1) is 5.92 Å². The van der Waals surface area contributed by atoms with E-state index in [2.05, 4.69) is 0 Å². The molecule has 0 heterocycles. The van der Waals surface area contributed by atoms with Gasteiger partial charge in [-0.25, -0.2) is 0 Å². The zero-order chi connectivity index (χ0) is 7.78. The molecule has 0 radical (unpaired) electrons. The van der Waals surface area contributed by atoms with Crippen molar-refractivity contribution in [2.24, 2.45) is 5.92 Å². The van der Waals surface area contributed by atoms with Crippen molar-refractivity contribution < 1.29 is 9.53 Å². The number of rotatable bonds is 2.